The van der Waals surface area contributed by atoms with E-state index in [1.54, 1.807) is 45.7 Å². The first kappa shape index (κ1) is 17.7. The number of aromatic nitrogens is 5. The summed E-state index contributed by atoms with van der Waals surface area (Å²) in [6.07, 6.45) is 2.53. The maximum atomic E-state index is 13.5. The molecule has 6 nitrogen and oxygen atoms in total. The molecular weight excluding hydrogens is 389 g/mol. The summed E-state index contributed by atoms with van der Waals surface area (Å²) in [6.45, 7) is 2.33. The zero-order chi connectivity index (χ0) is 20.0. The van der Waals surface area contributed by atoms with Crippen LogP contribution in [-0.4, -0.2) is 24.1 Å². The average molecular weight is 405 g/mol. The summed E-state index contributed by atoms with van der Waals surface area (Å²) >= 11 is 1.67. The van der Waals surface area contributed by atoms with Crippen molar-refractivity contribution in [3.8, 4) is 11.3 Å². The molecule has 29 heavy (non-hydrogen) atoms. The molecule has 0 aliphatic heterocycles. The standard InChI is InChI=1S/C21H16FN5OS/c1-13-23-21-24-17-9-11-26(10-8-16-3-2-12-29-16)20(28)18(17)19(27(21)25-13)14-4-6-15(22)7-5-14/h2-7,9,11-12H,8,10H2,1H3. The number of fused-ring (bicyclic) bond motifs is 2. The van der Waals surface area contributed by atoms with E-state index in [0.717, 1.165) is 6.42 Å². The van der Waals surface area contributed by atoms with E-state index in [1.165, 1.54) is 17.0 Å². The Morgan fingerprint density at radius 3 is 2.69 bits per heavy atom. The fourth-order valence-electron chi connectivity index (χ4n) is 3.46. The van der Waals surface area contributed by atoms with E-state index in [2.05, 4.69) is 21.1 Å². The summed E-state index contributed by atoms with van der Waals surface area (Å²) < 4.78 is 16.8. The van der Waals surface area contributed by atoms with Crippen molar-refractivity contribution in [3.05, 3.63) is 80.9 Å². The average Bonchev–Trinajstić information content (AvgIpc) is 3.35. The highest BCUT2D eigenvalue weighted by Gasteiger charge is 2.18. The molecule has 4 heterocycles. The van der Waals surface area contributed by atoms with E-state index in [1.807, 2.05) is 17.5 Å². The highest BCUT2D eigenvalue weighted by Crippen LogP contribution is 2.26. The summed E-state index contributed by atoms with van der Waals surface area (Å²) in [6, 6.07) is 11.9. The van der Waals surface area contributed by atoms with Gasteiger partial charge in [0.05, 0.1) is 16.6 Å². The first-order chi connectivity index (χ1) is 14.1. The van der Waals surface area contributed by atoms with Crippen LogP contribution >= 0.6 is 11.3 Å². The molecule has 1 aromatic carbocycles. The molecule has 0 spiro atoms. The second kappa shape index (κ2) is 6.89. The molecule has 0 amide bonds. The number of pyridine rings is 1. The van der Waals surface area contributed by atoms with Crippen molar-refractivity contribution in [1.82, 2.24) is 24.1 Å². The second-order valence-corrected chi connectivity index (χ2v) is 7.77. The number of halogens is 1. The number of hydrogen-bond acceptors (Lipinski definition) is 5. The molecule has 4 aromatic heterocycles. The fraction of sp³-hybridized carbons (Fsp3) is 0.143. The molecular formula is C21H16FN5OS. The summed E-state index contributed by atoms with van der Waals surface area (Å²) in [4.78, 5) is 23.5. The molecule has 0 fully saturated rings. The van der Waals surface area contributed by atoms with Crippen LogP contribution in [0, 0.1) is 12.7 Å². The zero-order valence-corrected chi connectivity index (χ0v) is 16.4. The lowest BCUT2D eigenvalue weighted by Gasteiger charge is -2.11. The Balaban J connectivity index is 1.76. The molecule has 0 radical (unpaired) electrons. The van der Waals surface area contributed by atoms with E-state index in [9.17, 15) is 9.18 Å². The zero-order valence-electron chi connectivity index (χ0n) is 15.5. The first-order valence-electron chi connectivity index (χ1n) is 9.15. The first-order valence-corrected chi connectivity index (χ1v) is 10.0. The third kappa shape index (κ3) is 3.11. The van der Waals surface area contributed by atoms with Crippen molar-refractivity contribution in [2.75, 3.05) is 0 Å². The lowest BCUT2D eigenvalue weighted by molar-refractivity contribution is 0.628. The van der Waals surface area contributed by atoms with E-state index in [4.69, 9.17) is 0 Å². The van der Waals surface area contributed by atoms with Gasteiger partial charge in [-0.05, 0) is 55.1 Å². The van der Waals surface area contributed by atoms with Gasteiger partial charge in [0.25, 0.3) is 11.3 Å². The van der Waals surface area contributed by atoms with Gasteiger partial charge in [0.2, 0.25) is 0 Å². The molecule has 8 heteroatoms. The topological polar surface area (TPSA) is 65.1 Å². The Kier molecular flexibility index (Phi) is 4.21. The SMILES string of the molecule is Cc1nc2nc3ccn(CCc4cccs4)c(=O)c3c(-c3ccc(F)cc3)n2n1. The minimum Gasteiger partial charge on any atom is -0.314 e. The Bertz CT molecular complexity index is 1390. The Hall–Kier alpha value is -3.39. The number of hydrogen-bond donors (Lipinski definition) is 0. The molecule has 144 valence electrons. The van der Waals surface area contributed by atoms with Crippen LogP contribution in [0.25, 0.3) is 27.9 Å². The van der Waals surface area contributed by atoms with Gasteiger partial charge in [-0.2, -0.15) is 9.50 Å². The summed E-state index contributed by atoms with van der Waals surface area (Å²) in [5, 5.41) is 6.90. The third-order valence-electron chi connectivity index (χ3n) is 4.81. The Labute approximate surface area is 168 Å². The molecule has 5 rings (SSSR count). The van der Waals surface area contributed by atoms with E-state index in [0.29, 0.717) is 40.3 Å². The van der Waals surface area contributed by atoms with Crippen LogP contribution in [0.4, 0.5) is 4.39 Å². The van der Waals surface area contributed by atoms with Crippen molar-refractivity contribution in [3.63, 3.8) is 0 Å². The number of aryl methyl sites for hydroxylation is 3. The van der Waals surface area contributed by atoms with Gasteiger partial charge >= 0.3 is 0 Å². The van der Waals surface area contributed by atoms with Gasteiger partial charge in [-0.25, -0.2) is 9.37 Å². The molecule has 0 saturated heterocycles. The molecule has 5 aromatic rings. The smallest absolute Gasteiger partial charge is 0.262 e. The summed E-state index contributed by atoms with van der Waals surface area (Å²) in [5.74, 6) is 0.616. The van der Waals surface area contributed by atoms with Gasteiger partial charge in [-0.15, -0.1) is 16.4 Å². The van der Waals surface area contributed by atoms with Crippen LogP contribution < -0.4 is 5.56 Å². The van der Waals surface area contributed by atoms with Gasteiger partial charge in [-0.3, -0.25) is 4.79 Å². The molecule has 0 aliphatic carbocycles. The van der Waals surface area contributed by atoms with Crippen LogP contribution in [0.2, 0.25) is 0 Å². The minimum absolute atomic E-state index is 0.152. The van der Waals surface area contributed by atoms with Crippen molar-refractivity contribution < 1.29 is 4.39 Å². The van der Waals surface area contributed by atoms with E-state index < -0.39 is 0 Å². The molecule has 0 aliphatic rings. The van der Waals surface area contributed by atoms with Crippen LogP contribution in [0.3, 0.4) is 0 Å². The maximum absolute atomic E-state index is 13.5. The van der Waals surface area contributed by atoms with Crippen LogP contribution in [0.5, 0.6) is 0 Å². The van der Waals surface area contributed by atoms with E-state index in [-0.39, 0.29) is 11.4 Å². The van der Waals surface area contributed by atoms with Crippen LogP contribution in [0.15, 0.2) is 58.8 Å². The van der Waals surface area contributed by atoms with Gasteiger partial charge in [0.15, 0.2) is 0 Å². The predicted molar refractivity (Wildman–Crippen MR) is 111 cm³/mol. The van der Waals surface area contributed by atoms with Gasteiger partial charge in [0.1, 0.15) is 11.6 Å². The fourth-order valence-corrected chi connectivity index (χ4v) is 4.15. The van der Waals surface area contributed by atoms with Crippen molar-refractivity contribution in [2.45, 2.75) is 19.9 Å². The number of benzene rings is 1. The van der Waals surface area contributed by atoms with E-state index >= 15 is 0 Å². The second-order valence-electron chi connectivity index (χ2n) is 6.74. The normalized spacial score (nSPS) is 11.5. The van der Waals surface area contributed by atoms with Crippen molar-refractivity contribution in [2.24, 2.45) is 0 Å². The molecule has 0 unspecified atom stereocenters. The number of rotatable bonds is 4. The van der Waals surface area contributed by atoms with Crippen LogP contribution in [0.1, 0.15) is 10.7 Å². The largest absolute Gasteiger partial charge is 0.314 e. The third-order valence-corrected chi connectivity index (χ3v) is 5.74. The number of thiophene rings is 1. The number of nitrogens with zero attached hydrogens (tertiary/aromatic N) is 5. The Morgan fingerprint density at radius 1 is 1.10 bits per heavy atom. The molecule has 0 saturated carbocycles. The minimum atomic E-state index is -0.341. The van der Waals surface area contributed by atoms with Crippen LogP contribution in [-0.2, 0) is 13.0 Å². The lowest BCUT2D eigenvalue weighted by atomic mass is 10.1. The van der Waals surface area contributed by atoms with Gasteiger partial charge in [0, 0.05) is 23.2 Å². The molecule has 0 N–H and O–H groups in total. The predicted octanol–water partition coefficient (Wildman–Crippen LogP) is 3.86. The maximum Gasteiger partial charge on any atom is 0.262 e. The summed E-state index contributed by atoms with van der Waals surface area (Å²) in [7, 11) is 0. The molecule has 0 bridgehead atoms. The van der Waals surface area contributed by atoms with Gasteiger partial charge < -0.3 is 4.57 Å². The Morgan fingerprint density at radius 2 is 1.93 bits per heavy atom. The highest BCUT2D eigenvalue weighted by atomic mass is 32.1. The van der Waals surface area contributed by atoms with Crippen molar-refractivity contribution in [1.29, 1.82) is 0 Å². The van der Waals surface area contributed by atoms with Gasteiger partial charge in [-0.1, -0.05) is 6.07 Å². The van der Waals surface area contributed by atoms with Crippen molar-refractivity contribution >= 4 is 28.0 Å². The quantitative estimate of drug-likeness (QED) is 0.455. The highest BCUT2D eigenvalue weighted by molar-refractivity contribution is 7.09. The monoisotopic (exact) mass is 405 g/mol. The lowest BCUT2D eigenvalue weighted by Crippen LogP contribution is -2.22. The molecule has 0 atom stereocenters. The summed E-state index contributed by atoms with van der Waals surface area (Å²) in [5.41, 5.74) is 1.64.